The highest BCUT2D eigenvalue weighted by atomic mass is 16.2. The minimum absolute atomic E-state index is 0.0121. The number of piperidine rings is 1. The van der Waals surface area contributed by atoms with Gasteiger partial charge in [-0.3, -0.25) is 9.59 Å². The molecule has 0 saturated carbocycles. The minimum Gasteiger partial charge on any atom is -0.352 e. The molecule has 3 aromatic rings. The number of nitrogens with one attached hydrogen (secondary N) is 1. The summed E-state index contributed by atoms with van der Waals surface area (Å²) in [5.74, 6) is 0.620. The maximum absolute atomic E-state index is 12.7. The zero-order valence-corrected chi connectivity index (χ0v) is 17.2. The van der Waals surface area contributed by atoms with Gasteiger partial charge in [-0.25, -0.2) is 9.67 Å². The zero-order valence-electron chi connectivity index (χ0n) is 17.2. The minimum atomic E-state index is -0.0908. The first-order chi connectivity index (χ1) is 15.2. The number of aromatic nitrogens is 3. The number of pyridine rings is 1. The molecule has 1 aliphatic heterocycles. The summed E-state index contributed by atoms with van der Waals surface area (Å²) >= 11 is 0. The highest BCUT2D eigenvalue weighted by molar-refractivity contribution is 5.92. The van der Waals surface area contributed by atoms with Crippen LogP contribution in [0.1, 0.15) is 24.0 Å². The van der Waals surface area contributed by atoms with E-state index in [2.05, 4.69) is 15.4 Å². The Labute approximate surface area is 181 Å². The van der Waals surface area contributed by atoms with E-state index in [1.165, 1.54) is 0 Å². The molecule has 158 valence electrons. The van der Waals surface area contributed by atoms with Crippen molar-refractivity contribution in [1.29, 1.82) is 0 Å². The molecule has 4 rings (SSSR count). The van der Waals surface area contributed by atoms with E-state index >= 15 is 0 Å². The van der Waals surface area contributed by atoms with E-state index in [0.29, 0.717) is 38.3 Å². The van der Waals surface area contributed by atoms with Gasteiger partial charge in [-0.1, -0.05) is 36.4 Å². The van der Waals surface area contributed by atoms with Gasteiger partial charge >= 0.3 is 0 Å². The van der Waals surface area contributed by atoms with Gasteiger partial charge in [0.25, 0.3) is 0 Å². The van der Waals surface area contributed by atoms with Gasteiger partial charge in [0.05, 0.1) is 0 Å². The third kappa shape index (κ3) is 5.25. The van der Waals surface area contributed by atoms with Gasteiger partial charge in [-0.15, -0.1) is 0 Å². The Kier molecular flexibility index (Phi) is 6.52. The Bertz CT molecular complexity index is 1040. The summed E-state index contributed by atoms with van der Waals surface area (Å²) in [5.41, 5.74) is 1.90. The fraction of sp³-hybridized carbons (Fsp3) is 0.250. The molecule has 0 unspecified atom stereocenters. The molecule has 1 N–H and O–H groups in total. The largest absolute Gasteiger partial charge is 0.352 e. The van der Waals surface area contributed by atoms with Crippen molar-refractivity contribution in [3.05, 3.63) is 84.3 Å². The van der Waals surface area contributed by atoms with Crippen LogP contribution in [0.2, 0.25) is 0 Å². The topological polar surface area (TPSA) is 80.1 Å². The lowest BCUT2D eigenvalue weighted by Crippen LogP contribution is -2.42. The van der Waals surface area contributed by atoms with E-state index in [1.54, 1.807) is 28.1 Å². The molecule has 1 saturated heterocycles. The molecular weight excluding hydrogens is 390 g/mol. The third-order valence-corrected chi connectivity index (χ3v) is 5.44. The summed E-state index contributed by atoms with van der Waals surface area (Å²) in [5, 5.41) is 7.25. The van der Waals surface area contributed by atoms with E-state index in [1.807, 2.05) is 60.8 Å². The number of benzene rings is 1. The molecule has 0 bridgehead atoms. The number of amides is 2. The second kappa shape index (κ2) is 9.84. The van der Waals surface area contributed by atoms with Crippen molar-refractivity contribution in [2.24, 2.45) is 5.92 Å². The lowest BCUT2D eigenvalue weighted by atomic mass is 9.95. The van der Waals surface area contributed by atoms with Crippen LogP contribution >= 0.6 is 0 Å². The van der Waals surface area contributed by atoms with Crippen LogP contribution in [0, 0.1) is 5.92 Å². The van der Waals surface area contributed by atoms with Crippen LogP contribution < -0.4 is 5.32 Å². The van der Waals surface area contributed by atoms with Gasteiger partial charge in [0.15, 0.2) is 5.82 Å². The first kappa shape index (κ1) is 20.5. The molecule has 3 heterocycles. The fourth-order valence-electron chi connectivity index (χ4n) is 3.69. The normalized spacial score (nSPS) is 14.6. The van der Waals surface area contributed by atoms with E-state index in [9.17, 15) is 9.59 Å². The molecule has 2 amide bonds. The maximum atomic E-state index is 12.7. The van der Waals surface area contributed by atoms with Crippen LogP contribution in [0.25, 0.3) is 11.9 Å². The van der Waals surface area contributed by atoms with Crippen LogP contribution in [0.4, 0.5) is 0 Å². The zero-order chi connectivity index (χ0) is 21.5. The summed E-state index contributed by atoms with van der Waals surface area (Å²) in [7, 11) is 0. The molecule has 31 heavy (non-hydrogen) atoms. The molecule has 1 aromatic carbocycles. The molecule has 0 radical (unpaired) electrons. The molecule has 0 aliphatic carbocycles. The Morgan fingerprint density at radius 1 is 1.03 bits per heavy atom. The monoisotopic (exact) mass is 415 g/mol. The average Bonchev–Trinajstić information content (AvgIpc) is 3.37. The van der Waals surface area contributed by atoms with Crippen molar-refractivity contribution in [2.45, 2.75) is 19.4 Å². The van der Waals surface area contributed by atoms with Gasteiger partial charge in [-0.2, -0.15) is 5.10 Å². The Hall–Kier alpha value is -3.74. The summed E-state index contributed by atoms with van der Waals surface area (Å²) in [6, 6.07) is 15.4. The smallest absolute Gasteiger partial charge is 0.246 e. The molecule has 1 fully saturated rings. The SMILES string of the molecule is O=C(NCc1cccnc1-n1cccn1)C1CCN(C(=O)/C=C/c2ccccc2)CC1. The number of hydrogen-bond donors (Lipinski definition) is 1. The average molecular weight is 415 g/mol. The number of carbonyl (C=O) groups excluding carboxylic acids is 2. The van der Waals surface area contributed by atoms with Crippen molar-refractivity contribution < 1.29 is 9.59 Å². The molecule has 7 nitrogen and oxygen atoms in total. The standard InChI is InChI=1S/C24H25N5O2/c30-22(10-9-19-6-2-1-3-7-19)28-16-11-20(12-17-28)24(31)26-18-21-8-4-13-25-23(21)29-15-5-14-27-29/h1-10,13-15,20H,11-12,16-18H2,(H,26,31)/b10-9+. The van der Waals surface area contributed by atoms with Crippen molar-refractivity contribution >= 4 is 17.9 Å². The predicted molar refractivity (Wildman–Crippen MR) is 118 cm³/mol. The Morgan fingerprint density at radius 2 is 1.84 bits per heavy atom. The van der Waals surface area contributed by atoms with Crippen LogP contribution in [0.15, 0.2) is 73.2 Å². The molecule has 1 aliphatic rings. The molecule has 0 atom stereocenters. The van der Waals surface area contributed by atoms with Crippen molar-refractivity contribution in [1.82, 2.24) is 25.0 Å². The highest BCUT2D eigenvalue weighted by Crippen LogP contribution is 2.19. The van der Waals surface area contributed by atoms with Crippen LogP contribution in [0.3, 0.4) is 0 Å². The van der Waals surface area contributed by atoms with Crippen LogP contribution in [-0.2, 0) is 16.1 Å². The van der Waals surface area contributed by atoms with Gasteiger partial charge in [0.1, 0.15) is 0 Å². The van der Waals surface area contributed by atoms with Crippen molar-refractivity contribution in [3.63, 3.8) is 0 Å². The fourth-order valence-corrected chi connectivity index (χ4v) is 3.69. The number of likely N-dealkylation sites (tertiary alicyclic amines) is 1. The lowest BCUT2D eigenvalue weighted by Gasteiger charge is -2.30. The summed E-state index contributed by atoms with van der Waals surface area (Å²) in [4.78, 5) is 31.3. The van der Waals surface area contributed by atoms with E-state index in [4.69, 9.17) is 0 Å². The van der Waals surface area contributed by atoms with Gasteiger partial charge in [0.2, 0.25) is 11.8 Å². The van der Waals surface area contributed by atoms with E-state index in [-0.39, 0.29) is 17.7 Å². The third-order valence-electron chi connectivity index (χ3n) is 5.44. The number of carbonyl (C=O) groups is 2. The van der Waals surface area contributed by atoms with Gasteiger partial charge in [0, 0.05) is 55.8 Å². The van der Waals surface area contributed by atoms with Crippen molar-refractivity contribution in [2.75, 3.05) is 13.1 Å². The first-order valence-corrected chi connectivity index (χ1v) is 10.4. The van der Waals surface area contributed by atoms with Crippen LogP contribution in [0.5, 0.6) is 0 Å². The molecular formula is C24H25N5O2. The summed E-state index contributed by atoms with van der Waals surface area (Å²) in [6.07, 6.45) is 9.99. The van der Waals surface area contributed by atoms with Gasteiger partial charge < -0.3 is 10.2 Å². The van der Waals surface area contributed by atoms with Crippen LogP contribution in [-0.4, -0.2) is 44.6 Å². The Morgan fingerprint density at radius 3 is 2.58 bits per heavy atom. The Balaban J connectivity index is 1.27. The summed E-state index contributed by atoms with van der Waals surface area (Å²) in [6.45, 7) is 1.56. The lowest BCUT2D eigenvalue weighted by molar-refractivity contribution is -0.132. The number of nitrogens with zero attached hydrogens (tertiary/aromatic N) is 4. The molecule has 7 heteroatoms. The van der Waals surface area contributed by atoms with Gasteiger partial charge in [-0.05, 0) is 36.6 Å². The number of rotatable bonds is 6. The number of hydrogen-bond acceptors (Lipinski definition) is 4. The van der Waals surface area contributed by atoms with Crippen molar-refractivity contribution in [3.8, 4) is 5.82 Å². The molecule has 0 spiro atoms. The second-order valence-electron chi connectivity index (χ2n) is 7.50. The molecule has 2 aromatic heterocycles. The van der Waals surface area contributed by atoms with E-state index < -0.39 is 0 Å². The highest BCUT2D eigenvalue weighted by Gasteiger charge is 2.26. The summed E-state index contributed by atoms with van der Waals surface area (Å²) < 4.78 is 1.69. The quantitative estimate of drug-likeness (QED) is 0.628. The predicted octanol–water partition coefficient (Wildman–Crippen LogP) is 2.84. The second-order valence-corrected chi connectivity index (χ2v) is 7.50. The maximum Gasteiger partial charge on any atom is 0.246 e. The van der Waals surface area contributed by atoms with E-state index in [0.717, 1.165) is 11.1 Å². The first-order valence-electron chi connectivity index (χ1n) is 10.4.